The Balaban J connectivity index is 1.75. The smallest absolute Gasteiger partial charge is 0.308 e. The molecule has 1 saturated carbocycles. The van der Waals surface area contributed by atoms with Crippen molar-refractivity contribution < 1.29 is 14.7 Å². The molecule has 1 aliphatic rings. The Morgan fingerprint density at radius 2 is 2.09 bits per heavy atom. The van der Waals surface area contributed by atoms with Crippen LogP contribution in [0.15, 0.2) is 29.6 Å². The predicted octanol–water partition coefficient (Wildman–Crippen LogP) is 3.16. The first-order chi connectivity index (χ1) is 10.6. The Labute approximate surface area is 133 Å². The summed E-state index contributed by atoms with van der Waals surface area (Å²) in [6.07, 6.45) is 2.33. The Bertz CT molecular complexity index is 705. The third-order valence-electron chi connectivity index (χ3n) is 4.10. The zero-order chi connectivity index (χ0) is 15.7. The minimum absolute atomic E-state index is 0.0409. The van der Waals surface area contributed by atoms with Crippen LogP contribution in [-0.2, 0) is 16.0 Å². The van der Waals surface area contributed by atoms with Gasteiger partial charge in [-0.05, 0) is 35.2 Å². The van der Waals surface area contributed by atoms with Crippen LogP contribution in [0.3, 0.4) is 0 Å². The zero-order valence-corrected chi connectivity index (χ0v) is 13.3. The summed E-state index contributed by atoms with van der Waals surface area (Å²) in [4.78, 5) is 25.5. The van der Waals surface area contributed by atoms with Gasteiger partial charge in [0.15, 0.2) is 0 Å². The summed E-state index contributed by atoms with van der Waals surface area (Å²) >= 11 is 1.65. The van der Waals surface area contributed by atoms with Gasteiger partial charge >= 0.3 is 5.97 Å². The van der Waals surface area contributed by atoms with E-state index in [4.69, 9.17) is 5.11 Å². The molecule has 1 heterocycles. The average Bonchev–Trinajstić information content (AvgIpc) is 3.26. The highest BCUT2D eigenvalue weighted by molar-refractivity contribution is 7.17. The van der Waals surface area contributed by atoms with Crippen LogP contribution in [0.1, 0.15) is 25.3 Å². The molecular formula is C17H19NO3S. The number of fused-ring (bicyclic) bond motifs is 1. The lowest BCUT2D eigenvalue weighted by atomic mass is 10.1. The molecule has 0 bridgehead atoms. The van der Waals surface area contributed by atoms with Crippen LogP contribution in [0.25, 0.3) is 10.1 Å². The molecule has 22 heavy (non-hydrogen) atoms. The SMILES string of the molecule is CC(CN(C(=O)Cc1csc2ccccc12)C1CC1)C(=O)O. The van der Waals surface area contributed by atoms with Crippen LogP contribution in [0.5, 0.6) is 0 Å². The number of amides is 1. The number of carbonyl (C=O) groups excluding carboxylic acids is 1. The monoisotopic (exact) mass is 317 g/mol. The number of aliphatic carboxylic acids is 1. The number of nitrogens with zero attached hydrogens (tertiary/aromatic N) is 1. The lowest BCUT2D eigenvalue weighted by molar-refractivity contribution is -0.143. The van der Waals surface area contributed by atoms with Gasteiger partial charge in [-0.2, -0.15) is 0 Å². The van der Waals surface area contributed by atoms with E-state index in [9.17, 15) is 9.59 Å². The maximum absolute atomic E-state index is 12.6. The van der Waals surface area contributed by atoms with E-state index in [0.717, 1.165) is 23.8 Å². The molecule has 1 atom stereocenters. The molecule has 5 heteroatoms. The molecule has 1 amide bonds. The molecule has 0 saturated heterocycles. The molecule has 116 valence electrons. The predicted molar refractivity (Wildman–Crippen MR) is 87.1 cm³/mol. The van der Waals surface area contributed by atoms with Crippen molar-refractivity contribution >= 4 is 33.3 Å². The van der Waals surface area contributed by atoms with Gasteiger partial charge in [0.1, 0.15) is 0 Å². The van der Waals surface area contributed by atoms with Crippen molar-refractivity contribution in [3.63, 3.8) is 0 Å². The second kappa shape index (κ2) is 6.08. The molecule has 3 rings (SSSR count). The first-order valence-corrected chi connectivity index (χ1v) is 8.41. The normalized spacial score (nSPS) is 15.7. The molecule has 1 N–H and O–H groups in total. The van der Waals surface area contributed by atoms with Gasteiger partial charge in [-0.1, -0.05) is 25.1 Å². The third-order valence-corrected chi connectivity index (χ3v) is 5.12. The number of carbonyl (C=O) groups is 2. The van der Waals surface area contributed by atoms with Crippen molar-refractivity contribution in [3.8, 4) is 0 Å². The molecule has 1 unspecified atom stereocenters. The van der Waals surface area contributed by atoms with Crippen LogP contribution in [0.4, 0.5) is 0 Å². The van der Waals surface area contributed by atoms with Crippen molar-refractivity contribution in [3.05, 3.63) is 35.2 Å². The van der Waals surface area contributed by atoms with Crippen LogP contribution >= 0.6 is 11.3 Å². The fourth-order valence-electron chi connectivity index (χ4n) is 2.65. The summed E-state index contributed by atoms with van der Waals surface area (Å²) in [6, 6.07) is 8.30. The number of carboxylic acids is 1. The Kier molecular flexibility index (Phi) is 4.16. The van der Waals surface area contributed by atoms with Crippen LogP contribution in [-0.4, -0.2) is 34.5 Å². The summed E-state index contributed by atoms with van der Waals surface area (Å²) in [5.74, 6) is -1.33. The van der Waals surface area contributed by atoms with E-state index in [2.05, 4.69) is 6.07 Å². The maximum atomic E-state index is 12.6. The Morgan fingerprint density at radius 3 is 2.77 bits per heavy atom. The first kappa shape index (κ1) is 15.0. The lowest BCUT2D eigenvalue weighted by Gasteiger charge is -2.24. The number of carboxylic acid groups (broad SMARTS) is 1. The van der Waals surface area contributed by atoms with Crippen LogP contribution < -0.4 is 0 Å². The molecule has 0 spiro atoms. The van der Waals surface area contributed by atoms with Crippen LogP contribution in [0, 0.1) is 5.92 Å². The number of thiophene rings is 1. The topological polar surface area (TPSA) is 57.6 Å². The molecular weight excluding hydrogens is 298 g/mol. The fourth-order valence-corrected chi connectivity index (χ4v) is 3.61. The van der Waals surface area contributed by atoms with Crippen molar-refractivity contribution in [2.24, 2.45) is 5.92 Å². The van der Waals surface area contributed by atoms with E-state index in [-0.39, 0.29) is 11.9 Å². The highest BCUT2D eigenvalue weighted by Gasteiger charge is 2.34. The van der Waals surface area contributed by atoms with E-state index >= 15 is 0 Å². The lowest BCUT2D eigenvalue weighted by Crippen LogP contribution is -2.39. The quantitative estimate of drug-likeness (QED) is 0.890. The number of rotatable bonds is 6. The van der Waals surface area contributed by atoms with E-state index in [1.807, 2.05) is 23.6 Å². The zero-order valence-electron chi connectivity index (χ0n) is 12.5. The van der Waals surface area contributed by atoms with Crippen molar-refractivity contribution in [2.75, 3.05) is 6.54 Å². The fraction of sp³-hybridized carbons (Fsp3) is 0.412. The van der Waals surface area contributed by atoms with Gasteiger partial charge in [0.25, 0.3) is 0 Å². The molecule has 1 fully saturated rings. The minimum atomic E-state index is -0.848. The number of benzene rings is 1. The van der Waals surface area contributed by atoms with Gasteiger partial charge in [0.05, 0.1) is 12.3 Å². The van der Waals surface area contributed by atoms with E-state index < -0.39 is 11.9 Å². The van der Waals surface area contributed by atoms with Gasteiger partial charge in [0.2, 0.25) is 5.91 Å². The van der Waals surface area contributed by atoms with Crippen molar-refractivity contribution in [1.29, 1.82) is 0 Å². The first-order valence-electron chi connectivity index (χ1n) is 7.53. The average molecular weight is 317 g/mol. The summed E-state index contributed by atoms with van der Waals surface area (Å²) in [5.41, 5.74) is 1.04. The number of hydrogen-bond acceptors (Lipinski definition) is 3. The van der Waals surface area contributed by atoms with E-state index in [1.54, 1.807) is 23.2 Å². The van der Waals surface area contributed by atoms with Gasteiger partial charge in [-0.3, -0.25) is 9.59 Å². The Morgan fingerprint density at radius 1 is 1.36 bits per heavy atom. The van der Waals surface area contributed by atoms with E-state index in [0.29, 0.717) is 13.0 Å². The third kappa shape index (κ3) is 3.14. The maximum Gasteiger partial charge on any atom is 0.308 e. The van der Waals surface area contributed by atoms with Gasteiger partial charge in [-0.25, -0.2) is 0 Å². The van der Waals surface area contributed by atoms with Crippen molar-refractivity contribution in [2.45, 2.75) is 32.2 Å². The summed E-state index contributed by atoms with van der Waals surface area (Å²) in [6.45, 7) is 1.96. The summed E-state index contributed by atoms with van der Waals surface area (Å²) < 4.78 is 1.18. The standard InChI is InChI=1S/C17H19NO3S/c1-11(17(20)21)9-18(13-6-7-13)16(19)8-12-10-22-15-5-3-2-4-14(12)15/h2-5,10-11,13H,6-9H2,1H3,(H,20,21). The molecule has 2 aromatic rings. The molecule has 0 aliphatic heterocycles. The summed E-state index contributed by atoms with van der Waals surface area (Å²) in [7, 11) is 0. The van der Waals surface area contributed by atoms with Crippen molar-refractivity contribution in [1.82, 2.24) is 4.90 Å². The molecule has 4 nitrogen and oxygen atoms in total. The Hall–Kier alpha value is -1.88. The minimum Gasteiger partial charge on any atom is -0.481 e. The molecule has 1 aromatic carbocycles. The largest absolute Gasteiger partial charge is 0.481 e. The summed E-state index contributed by atoms with van der Waals surface area (Å²) in [5, 5.41) is 12.2. The molecule has 1 aliphatic carbocycles. The molecule has 0 radical (unpaired) electrons. The van der Waals surface area contributed by atoms with Gasteiger partial charge in [-0.15, -0.1) is 11.3 Å². The van der Waals surface area contributed by atoms with Crippen LogP contribution in [0.2, 0.25) is 0 Å². The van der Waals surface area contributed by atoms with Gasteiger partial charge in [0, 0.05) is 17.3 Å². The highest BCUT2D eigenvalue weighted by Crippen LogP contribution is 2.30. The number of hydrogen-bond donors (Lipinski definition) is 1. The van der Waals surface area contributed by atoms with E-state index in [1.165, 1.54) is 4.70 Å². The second-order valence-corrected chi connectivity index (χ2v) is 6.86. The van der Waals surface area contributed by atoms with Gasteiger partial charge < -0.3 is 10.0 Å². The highest BCUT2D eigenvalue weighted by atomic mass is 32.1. The second-order valence-electron chi connectivity index (χ2n) is 5.95. The molecule has 1 aromatic heterocycles.